The molecule has 1 atom stereocenters. The maximum Gasteiger partial charge on any atom is 0.133 e. The van der Waals surface area contributed by atoms with Crippen LogP contribution in [0.4, 0.5) is 0 Å². The number of hydrogen-bond donors (Lipinski definition) is 0. The van der Waals surface area contributed by atoms with E-state index in [1.54, 1.807) is 6.26 Å². The molecule has 1 unspecified atom stereocenters. The van der Waals surface area contributed by atoms with Crippen LogP contribution >= 0.6 is 0 Å². The molecule has 1 aliphatic carbocycles. The molecule has 4 rings (SSSR count). The molecule has 2 nitrogen and oxygen atoms in total. The molecule has 3 aromatic rings. The third kappa shape index (κ3) is 4.54. The van der Waals surface area contributed by atoms with Gasteiger partial charge in [-0.05, 0) is 54.7 Å². The summed E-state index contributed by atoms with van der Waals surface area (Å²) in [6, 6.07) is 21.1. The van der Waals surface area contributed by atoms with E-state index in [1.165, 1.54) is 33.4 Å². The molecule has 0 spiro atoms. The number of carbonyl (C=O) groups is 1. The van der Waals surface area contributed by atoms with Crippen molar-refractivity contribution in [3.05, 3.63) is 113 Å². The Morgan fingerprint density at radius 2 is 1.70 bits per heavy atom. The van der Waals surface area contributed by atoms with Crippen LogP contribution in [-0.4, -0.2) is 5.78 Å². The lowest BCUT2D eigenvalue weighted by Gasteiger charge is -2.23. The van der Waals surface area contributed by atoms with Gasteiger partial charge in [0.15, 0.2) is 0 Å². The molecule has 2 aromatic carbocycles. The average molecular weight is 397 g/mol. The Bertz CT molecular complexity index is 1070. The van der Waals surface area contributed by atoms with Gasteiger partial charge in [0.2, 0.25) is 0 Å². The molecule has 1 aromatic heterocycles. The predicted octanol–water partition coefficient (Wildman–Crippen LogP) is 6.99. The van der Waals surface area contributed by atoms with Gasteiger partial charge in [-0.1, -0.05) is 71.8 Å². The summed E-state index contributed by atoms with van der Waals surface area (Å²) in [7, 11) is 0. The smallest absolute Gasteiger partial charge is 0.133 e. The first-order valence-corrected chi connectivity index (χ1v) is 10.7. The SMILES string of the molecule is Cc1ccc(C2C(CCC(=O)CCc3ccco3)=CC=C2c2ccccc2)c(C)c1. The number of rotatable bonds is 8. The molecule has 1 aliphatic rings. The summed E-state index contributed by atoms with van der Waals surface area (Å²) < 4.78 is 5.35. The summed E-state index contributed by atoms with van der Waals surface area (Å²) in [5.74, 6) is 1.38. The Labute approximate surface area is 178 Å². The van der Waals surface area contributed by atoms with Crippen LogP contribution in [0.1, 0.15) is 53.2 Å². The molecule has 2 heteroatoms. The van der Waals surface area contributed by atoms with Crippen LogP contribution in [0.5, 0.6) is 0 Å². The van der Waals surface area contributed by atoms with Gasteiger partial charge in [-0.25, -0.2) is 0 Å². The van der Waals surface area contributed by atoms with Gasteiger partial charge in [0.05, 0.1) is 6.26 Å². The van der Waals surface area contributed by atoms with Crippen molar-refractivity contribution in [2.45, 2.75) is 45.4 Å². The van der Waals surface area contributed by atoms with Crippen LogP contribution in [0, 0.1) is 13.8 Å². The zero-order chi connectivity index (χ0) is 20.9. The number of allylic oxidation sites excluding steroid dienone is 4. The molecular weight excluding hydrogens is 368 g/mol. The van der Waals surface area contributed by atoms with Crippen molar-refractivity contribution in [3.63, 3.8) is 0 Å². The van der Waals surface area contributed by atoms with Crippen molar-refractivity contribution in [2.75, 3.05) is 0 Å². The molecule has 0 bridgehead atoms. The van der Waals surface area contributed by atoms with Crippen LogP contribution in [0.25, 0.3) is 5.57 Å². The number of aryl methyl sites for hydroxylation is 3. The third-order valence-corrected chi connectivity index (χ3v) is 5.93. The number of hydrogen-bond acceptors (Lipinski definition) is 2. The van der Waals surface area contributed by atoms with E-state index >= 15 is 0 Å². The van der Waals surface area contributed by atoms with E-state index in [9.17, 15) is 4.79 Å². The molecular formula is C28H28O2. The quantitative estimate of drug-likeness (QED) is 0.411. The van der Waals surface area contributed by atoms with Gasteiger partial charge in [0.25, 0.3) is 0 Å². The Kier molecular flexibility index (Phi) is 6.13. The zero-order valence-corrected chi connectivity index (χ0v) is 17.7. The van der Waals surface area contributed by atoms with Gasteiger partial charge in [-0.3, -0.25) is 4.79 Å². The van der Waals surface area contributed by atoms with Crippen LogP contribution in [0.15, 0.2) is 89.1 Å². The molecule has 30 heavy (non-hydrogen) atoms. The van der Waals surface area contributed by atoms with Crippen molar-refractivity contribution in [3.8, 4) is 0 Å². The minimum absolute atomic E-state index is 0.214. The number of furan rings is 1. The monoisotopic (exact) mass is 396 g/mol. The molecule has 0 amide bonds. The largest absolute Gasteiger partial charge is 0.469 e. The Balaban J connectivity index is 1.51. The highest BCUT2D eigenvalue weighted by molar-refractivity contribution is 5.82. The first-order valence-electron chi connectivity index (χ1n) is 10.7. The molecule has 0 saturated carbocycles. The van der Waals surface area contributed by atoms with E-state index < -0.39 is 0 Å². The highest BCUT2D eigenvalue weighted by Gasteiger charge is 2.27. The highest BCUT2D eigenvalue weighted by Crippen LogP contribution is 2.44. The number of ketones is 1. The van der Waals surface area contributed by atoms with Gasteiger partial charge in [0, 0.05) is 25.2 Å². The fourth-order valence-corrected chi connectivity index (χ4v) is 4.35. The van der Waals surface area contributed by atoms with E-state index in [0.29, 0.717) is 25.0 Å². The third-order valence-electron chi connectivity index (χ3n) is 5.93. The van der Waals surface area contributed by atoms with Crippen LogP contribution in [0.2, 0.25) is 0 Å². The molecule has 1 heterocycles. The first-order chi connectivity index (χ1) is 14.6. The second kappa shape index (κ2) is 9.13. The molecule has 0 radical (unpaired) electrons. The summed E-state index contributed by atoms with van der Waals surface area (Å²) in [4.78, 5) is 12.5. The second-order valence-electron chi connectivity index (χ2n) is 8.14. The molecule has 152 valence electrons. The average Bonchev–Trinajstić information content (AvgIpc) is 3.41. The summed E-state index contributed by atoms with van der Waals surface area (Å²) in [6.07, 6.45) is 8.71. The first kappa shape index (κ1) is 20.2. The predicted molar refractivity (Wildman–Crippen MR) is 122 cm³/mol. The lowest BCUT2D eigenvalue weighted by molar-refractivity contribution is -0.119. The fourth-order valence-electron chi connectivity index (χ4n) is 4.35. The minimum Gasteiger partial charge on any atom is -0.469 e. The normalized spacial score (nSPS) is 15.7. The number of carbonyl (C=O) groups excluding carboxylic acids is 1. The van der Waals surface area contributed by atoms with Gasteiger partial charge < -0.3 is 4.42 Å². The van der Waals surface area contributed by atoms with Crippen LogP contribution in [-0.2, 0) is 11.2 Å². The van der Waals surface area contributed by atoms with Gasteiger partial charge in [-0.2, -0.15) is 0 Å². The van der Waals surface area contributed by atoms with E-state index in [4.69, 9.17) is 4.42 Å². The van der Waals surface area contributed by atoms with E-state index in [2.05, 4.69) is 74.5 Å². The van der Waals surface area contributed by atoms with Crippen molar-refractivity contribution in [1.29, 1.82) is 0 Å². The maximum absolute atomic E-state index is 12.5. The lowest BCUT2D eigenvalue weighted by atomic mass is 9.81. The summed E-state index contributed by atoms with van der Waals surface area (Å²) in [6.45, 7) is 4.32. The van der Waals surface area contributed by atoms with Crippen LogP contribution < -0.4 is 0 Å². The summed E-state index contributed by atoms with van der Waals surface area (Å²) in [5, 5.41) is 0. The minimum atomic E-state index is 0.214. The Hall–Kier alpha value is -3.13. The standard InChI is InChI=1S/C28H28O2/c1-20-10-16-26(21(2)19-20)28-23(12-17-27(28)22-7-4-3-5-8-22)11-13-24(29)14-15-25-9-6-18-30-25/h3-10,12,16-19,28H,11,13-15H2,1-2H3. The Morgan fingerprint density at radius 3 is 2.43 bits per heavy atom. The molecule has 0 aliphatic heterocycles. The Morgan fingerprint density at radius 1 is 0.900 bits per heavy atom. The van der Waals surface area contributed by atoms with E-state index in [-0.39, 0.29) is 5.92 Å². The summed E-state index contributed by atoms with van der Waals surface area (Å²) in [5.41, 5.74) is 7.81. The van der Waals surface area contributed by atoms with Gasteiger partial charge >= 0.3 is 0 Å². The molecule has 0 N–H and O–H groups in total. The lowest BCUT2D eigenvalue weighted by Crippen LogP contribution is -2.07. The van der Waals surface area contributed by atoms with E-state index in [0.717, 1.165) is 12.2 Å². The van der Waals surface area contributed by atoms with Crippen LogP contribution in [0.3, 0.4) is 0 Å². The number of Topliss-reactive ketones (excluding diaryl/α,β-unsaturated/α-hetero) is 1. The summed E-state index contributed by atoms with van der Waals surface area (Å²) >= 11 is 0. The highest BCUT2D eigenvalue weighted by atomic mass is 16.3. The van der Waals surface area contributed by atoms with E-state index in [1.807, 2.05) is 12.1 Å². The van der Waals surface area contributed by atoms with Crippen molar-refractivity contribution in [2.24, 2.45) is 0 Å². The fraction of sp³-hybridized carbons (Fsp3) is 0.250. The second-order valence-corrected chi connectivity index (χ2v) is 8.14. The van der Waals surface area contributed by atoms with Crippen molar-refractivity contribution < 1.29 is 9.21 Å². The molecule has 0 fully saturated rings. The molecule has 0 saturated heterocycles. The number of benzene rings is 2. The maximum atomic E-state index is 12.5. The zero-order valence-electron chi connectivity index (χ0n) is 17.7. The van der Waals surface area contributed by atoms with Crippen molar-refractivity contribution in [1.82, 2.24) is 0 Å². The van der Waals surface area contributed by atoms with Gasteiger partial charge in [-0.15, -0.1) is 0 Å². The topological polar surface area (TPSA) is 30.2 Å². The van der Waals surface area contributed by atoms with Crippen molar-refractivity contribution >= 4 is 11.4 Å². The van der Waals surface area contributed by atoms with Gasteiger partial charge in [0.1, 0.15) is 11.5 Å².